The molecule has 1 unspecified atom stereocenters. The van der Waals surface area contributed by atoms with E-state index in [4.69, 9.17) is 5.73 Å². The van der Waals surface area contributed by atoms with Crippen molar-refractivity contribution in [3.05, 3.63) is 30.4 Å². The van der Waals surface area contributed by atoms with E-state index in [9.17, 15) is 0 Å². The van der Waals surface area contributed by atoms with Gasteiger partial charge in [0.1, 0.15) is 5.82 Å². The quantitative estimate of drug-likeness (QED) is 0.878. The van der Waals surface area contributed by atoms with Crippen LogP contribution < -0.4 is 5.73 Å². The summed E-state index contributed by atoms with van der Waals surface area (Å²) in [5.74, 6) is 1.12. The van der Waals surface area contributed by atoms with Crippen molar-refractivity contribution in [3.8, 4) is 0 Å². The molecular formula is C14H20N4. The molecule has 0 amide bonds. The highest BCUT2D eigenvalue weighted by atomic mass is 15.1. The van der Waals surface area contributed by atoms with E-state index in [1.807, 2.05) is 18.3 Å². The van der Waals surface area contributed by atoms with Gasteiger partial charge < -0.3 is 15.0 Å². The maximum Gasteiger partial charge on any atom is 0.114 e. The van der Waals surface area contributed by atoms with Crippen molar-refractivity contribution in [2.75, 3.05) is 19.3 Å². The summed E-state index contributed by atoms with van der Waals surface area (Å²) in [5.41, 5.74) is 7.78. The normalized spacial score (nSPS) is 21.5. The third-order valence-corrected chi connectivity index (χ3v) is 4.02. The highest BCUT2D eigenvalue weighted by Gasteiger charge is 2.21. The van der Waals surface area contributed by atoms with E-state index < -0.39 is 0 Å². The predicted molar refractivity (Wildman–Crippen MR) is 73.6 cm³/mol. The number of fused-ring (bicyclic) bond motifs is 1. The maximum absolute atomic E-state index is 5.96. The molecule has 1 aliphatic rings. The van der Waals surface area contributed by atoms with E-state index >= 15 is 0 Å². The zero-order valence-corrected chi connectivity index (χ0v) is 10.8. The van der Waals surface area contributed by atoms with Gasteiger partial charge in [-0.15, -0.1) is 0 Å². The number of nitrogens with two attached hydrogens (primary N) is 1. The Bertz CT molecular complexity index is 546. The topological polar surface area (TPSA) is 46.6 Å². The van der Waals surface area contributed by atoms with Gasteiger partial charge >= 0.3 is 0 Å². The van der Waals surface area contributed by atoms with Gasteiger partial charge in [0, 0.05) is 18.7 Å². The summed E-state index contributed by atoms with van der Waals surface area (Å²) in [6.07, 6.45) is 8.87. The van der Waals surface area contributed by atoms with Crippen molar-refractivity contribution in [1.29, 1.82) is 0 Å². The smallest absolute Gasteiger partial charge is 0.114 e. The first-order valence-corrected chi connectivity index (χ1v) is 6.66. The predicted octanol–water partition coefficient (Wildman–Crippen LogP) is 1.94. The van der Waals surface area contributed by atoms with Crippen LogP contribution in [0.5, 0.6) is 0 Å². The minimum Gasteiger partial charge on any atom is -0.397 e. The lowest BCUT2D eigenvalue weighted by Gasteiger charge is -2.32. The van der Waals surface area contributed by atoms with Crippen LogP contribution in [0.4, 0.5) is 5.69 Å². The second-order valence-electron chi connectivity index (χ2n) is 5.23. The van der Waals surface area contributed by atoms with Crippen LogP contribution in [0.3, 0.4) is 0 Å². The molecule has 1 aliphatic heterocycles. The number of anilines is 1. The van der Waals surface area contributed by atoms with E-state index in [0.29, 0.717) is 6.04 Å². The Labute approximate surface area is 107 Å². The zero-order chi connectivity index (χ0) is 12.5. The van der Waals surface area contributed by atoms with Crippen LogP contribution in [-0.4, -0.2) is 33.9 Å². The molecule has 1 fully saturated rings. The van der Waals surface area contributed by atoms with E-state index in [1.54, 1.807) is 0 Å². The number of imidazole rings is 1. The molecule has 3 rings (SSSR count). The number of hydrogen-bond donors (Lipinski definition) is 1. The average molecular weight is 244 g/mol. The summed E-state index contributed by atoms with van der Waals surface area (Å²) in [5, 5.41) is 0. The van der Waals surface area contributed by atoms with Crippen LogP contribution in [0.25, 0.3) is 5.52 Å². The van der Waals surface area contributed by atoms with Crippen LogP contribution in [0.2, 0.25) is 0 Å². The van der Waals surface area contributed by atoms with Crippen LogP contribution in [0.15, 0.2) is 24.5 Å². The highest BCUT2D eigenvalue weighted by Crippen LogP contribution is 2.20. The first kappa shape index (κ1) is 11.5. The fourth-order valence-corrected chi connectivity index (χ4v) is 2.86. The number of aromatic nitrogens is 2. The molecular weight excluding hydrogens is 224 g/mol. The zero-order valence-electron chi connectivity index (χ0n) is 10.8. The van der Waals surface area contributed by atoms with Gasteiger partial charge in [-0.05, 0) is 38.6 Å². The number of likely N-dealkylation sites (N-methyl/N-ethyl adjacent to an activating group) is 1. The summed E-state index contributed by atoms with van der Waals surface area (Å²) in [4.78, 5) is 7.00. The first-order chi connectivity index (χ1) is 8.75. The molecule has 4 nitrogen and oxygen atoms in total. The molecule has 4 heteroatoms. The molecule has 0 radical (unpaired) electrons. The minimum absolute atomic E-state index is 0.616. The monoisotopic (exact) mass is 244 g/mol. The van der Waals surface area contributed by atoms with Crippen molar-refractivity contribution in [2.24, 2.45) is 0 Å². The van der Waals surface area contributed by atoms with Crippen molar-refractivity contribution in [3.63, 3.8) is 0 Å². The van der Waals surface area contributed by atoms with E-state index in [0.717, 1.165) is 23.4 Å². The Morgan fingerprint density at radius 2 is 2.33 bits per heavy atom. The van der Waals surface area contributed by atoms with Crippen molar-refractivity contribution in [2.45, 2.75) is 31.7 Å². The number of likely N-dealkylation sites (tertiary alicyclic amines) is 1. The number of rotatable bonds is 2. The summed E-state index contributed by atoms with van der Waals surface area (Å²) < 4.78 is 2.12. The molecule has 96 valence electrons. The highest BCUT2D eigenvalue weighted by molar-refractivity contribution is 5.68. The molecule has 0 aromatic carbocycles. The van der Waals surface area contributed by atoms with Crippen molar-refractivity contribution >= 4 is 11.2 Å². The SMILES string of the molecule is CN1CCCCC1Cc1ncc2c(N)cccn12. The summed E-state index contributed by atoms with van der Waals surface area (Å²) in [6, 6.07) is 4.52. The number of nitrogens with zero attached hydrogens (tertiary/aromatic N) is 3. The molecule has 1 saturated heterocycles. The van der Waals surface area contributed by atoms with Crippen molar-refractivity contribution in [1.82, 2.24) is 14.3 Å². The maximum atomic E-state index is 5.96. The lowest BCUT2D eigenvalue weighted by atomic mass is 10.00. The third-order valence-electron chi connectivity index (χ3n) is 4.02. The molecule has 0 bridgehead atoms. The number of pyridine rings is 1. The second kappa shape index (κ2) is 4.61. The number of nitrogen functional groups attached to an aromatic ring is 1. The van der Waals surface area contributed by atoms with E-state index in [1.165, 1.54) is 25.8 Å². The standard InChI is InChI=1S/C14H20N4/c1-17-7-3-2-5-11(17)9-14-16-10-13-12(15)6-4-8-18(13)14/h4,6,8,10-11H,2-3,5,7,9,15H2,1H3. The Kier molecular flexibility index (Phi) is 2.96. The van der Waals surface area contributed by atoms with Crippen LogP contribution >= 0.6 is 0 Å². The fraction of sp³-hybridized carbons (Fsp3) is 0.500. The van der Waals surface area contributed by atoms with Gasteiger partial charge in [-0.2, -0.15) is 0 Å². The van der Waals surface area contributed by atoms with Gasteiger partial charge in [-0.25, -0.2) is 4.98 Å². The van der Waals surface area contributed by atoms with Gasteiger partial charge in [0.25, 0.3) is 0 Å². The molecule has 0 aliphatic carbocycles. The molecule has 2 N–H and O–H groups in total. The van der Waals surface area contributed by atoms with Gasteiger partial charge in [0.05, 0.1) is 17.4 Å². The molecule has 0 saturated carbocycles. The van der Waals surface area contributed by atoms with E-state index in [-0.39, 0.29) is 0 Å². The van der Waals surface area contributed by atoms with Crippen molar-refractivity contribution < 1.29 is 0 Å². The lowest BCUT2D eigenvalue weighted by Crippen LogP contribution is -2.38. The largest absolute Gasteiger partial charge is 0.397 e. The van der Waals surface area contributed by atoms with Crippen LogP contribution in [0.1, 0.15) is 25.1 Å². The average Bonchev–Trinajstić information content (AvgIpc) is 2.77. The van der Waals surface area contributed by atoms with Gasteiger partial charge in [0.15, 0.2) is 0 Å². The summed E-state index contributed by atoms with van der Waals surface area (Å²) >= 11 is 0. The molecule has 18 heavy (non-hydrogen) atoms. The molecule has 2 aromatic rings. The molecule has 0 spiro atoms. The minimum atomic E-state index is 0.616. The van der Waals surface area contributed by atoms with Crippen LogP contribution in [0, 0.1) is 0 Å². The second-order valence-corrected chi connectivity index (χ2v) is 5.23. The Morgan fingerprint density at radius 1 is 1.44 bits per heavy atom. The molecule has 2 aromatic heterocycles. The van der Waals surface area contributed by atoms with Crippen LogP contribution in [-0.2, 0) is 6.42 Å². The Balaban J connectivity index is 1.88. The summed E-state index contributed by atoms with van der Waals surface area (Å²) in [7, 11) is 2.22. The molecule has 3 heterocycles. The summed E-state index contributed by atoms with van der Waals surface area (Å²) in [6.45, 7) is 1.20. The fourth-order valence-electron chi connectivity index (χ4n) is 2.86. The third kappa shape index (κ3) is 1.97. The lowest BCUT2D eigenvalue weighted by molar-refractivity contribution is 0.182. The Morgan fingerprint density at radius 3 is 3.17 bits per heavy atom. The van der Waals surface area contributed by atoms with Gasteiger partial charge in [-0.1, -0.05) is 6.42 Å². The Hall–Kier alpha value is -1.55. The van der Waals surface area contributed by atoms with E-state index in [2.05, 4.69) is 27.5 Å². The molecule has 1 atom stereocenters. The number of piperidine rings is 1. The number of hydrogen-bond acceptors (Lipinski definition) is 3. The van der Waals surface area contributed by atoms with Gasteiger partial charge in [0.2, 0.25) is 0 Å². The first-order valence-electron chi connectivity index (χ1n) is 6.66. The van der Waals surface area contributed by atoms with Gasteiger partial charge in [-0.3, -0.25) is 0 Å².